The lowest BCUT2D eigenvalue weighted by Gasteiger charge is -2.35. The van der Waals surface area contributed by atoms with Gasteiger partial charge in [-0.2, -0.15) is 5.26 Å². The Morgan fingerprint density at radius 1 is 1.11 bits per heavy atom. The van der Waals surface area contributed by atoms with Crippen LogP contribution in [0.2, 0.25) is 0 Å². The van der Waals surface area contributed by atoms with Crippen LogP contribution in [0.1, 0.15) is 65.5 Å². The zero-order valence-electron chi connectivity index (χ0n) is 16.9. The molecule has 1 aliphatic rings. The summed E-state index contributed by atoms with van der Waals surface area (Å²) in [6, 6.07) is 15.0. The second-order valence-corrected chi connectivity index (χ2v) is 7.79. The average Bonchev–Trinajstić information content (AvgIpc) is 2.70. The summed E-state index contributed by atoms with van der Waals surface area (Å²) in [5, 5.41) is 8.97. The lowest BCUT2D eigenvalue weighted by Crippen LogP contribution is -2.31. The van der Waals surface area contributed by atoms with Crippen LogP contribution >= 0.6 is 0 Å². The molecule has 1 saturated heterocycles. The third-order valence-corrected chi connectivity index (χ3v) is 5.90. The molecule has 3 rings (SSSR count). The van der Waals surface area contributed by atoms with E-state index in [1.165, 1.54) is 39.9 Å². The van der Waals surface area contributed by atoms with E-state index in [9.17, 15) is 0 Å². The van der Waals surface area contributed by atoms with E-state index in [4.69, 9.17) is 5.26 Å². The Kier molecular flexibility index (Phi) is 6.01. The smallest absolute Gasteiger partial charge is 0.0991 e. The van der Waals surface area contributed by atoms with Crippen molar-refractivity contribution in [1.29, 1.82) is 5.26 Å². The molecule has 0 unspecified atom stereocenters. The van der Waals surface area contributed by atoms with E-state index in [-0.39, 0.29) is 0 Å². The van der Waals surface area contributed by atoms with Gasteiger partial charge in [0.15, 0.2) is 0 Å². The Morgan fingerprint density at radius 2 is 1.78 bits per heavy atom. The topological polar surface area (TPSA) is 27.0 Å². The van der Waals surface area contributed by atoms with Gasteiger partial charge < -0.3 is 4.90 Å². The molecule has 0 saturated carbocycles. The largest absolute Gasteiger partial charge is 0.371 e. The molecule has 2 aromatic rings. The second kappa shape index (κ2) is 8.44. The molecule has 0 amide bonds. The molecule has 0 aromatic heterocycles. The molecular formula is C25H30N2. The minimum atomic E-state index is 0.580. The molecule has 2 aromatic carbocycles. The van der Waals surface area contributed by atoms with Gasteiger partial charge in [0.25, 0.3) is 0 Å². The maximum Gasteiger partial charge on any atom is 0.0991 e. The van der Waals surface area contributed by atoms with Gasteiger partial charge in [0, 0.05) is 24.4 Å². The number of hydrogen-bond acceptors (Lipinski definition) is 2. The summed E-state index contributed by atoms with van der Waals surface area (Å²) in [5.41, 5.74) is 8.74. The first-order valence-electron chi connectivity index (χ1n) is 10.1. The first-order chi connectivity index (χ1) is 13.0. The fourth-order valence-electron chi connectivity index (χ4n) is 4.23. The summed E-state index contributed by atoms with van der Waals surface area (Å²) in [6.07, 6.45) is 4.58. The molecule has 0 atom stereocenters. The highest BCUT2D eigenvalue weighted by atomic mass is 15.1. The number of nitriles is 1. The van der Waals surface area contributed by atoms with E-state index >= 15 is 0 Å². The normalized spacial score (nSPS) is 14.8. The number of nitrogens with zero attached hydrogens (tertiary/aromatic N) is 2. The van der Waals surface area contributed by atoms with Crippen LogP contribution in [-0.4, -0.2) is 18.0 Å². The van der Waals surface area contributed by atoms with E-state index in [0.717, 1.165) is 37.9 Å². The van der Waals surface area contributed by atoms with Crippen molar-refractivity contribution >= 4 is 5.70 Å². The number of likely N-dealkylation sites (tertiary alicyclic amines) is 1. The van der Waals surface area contributed by atoms with Gasteiger partial charge >= 0.3 is 0 Å². The summed E-state index contributed by atoms with van der Waals surface area (Å²) < 4.78 is 0. The lowest BCUT2D eigenvalue weighted by molar-refractivity contribution is 0.299. The average molecular weight is 359 g/mol. The molecule has 0 bridgehead atoms. The molecule has 0 radical (unpaired) electrons. The summed E-state index contributed by atoms with van der Waals surface area (Å²) in [4.78, 5) is 2.45. The Balaban J connectivity index is 1.69. The highest BCUT2D eigenvalue weighted by Crippen LogP contribution is 2.33. The minimum absolute atomic E-state index is 0.580. The third kappa shape index (κ3) is 4.25. The Bertz CT molecular complexity index is 847. The quantitative estimate of drug-likeness (QED) is 0.657. The first-order valence-corrected chi connectivity index (χ1v) is 10.1. The predicted molar refractivity (Wildman–Crippen MR) is 114 cm³/mol. The van der Waals surface area contributed by atoms with Gasteiger partial charge in [-0.15, -0.1) is 0 Å². The fourth-order valence-corrected chi connectivity index (χ4v) is 4.23. The number of piperidine rings is 1. The number of benzene rings is 2. The number of hydrogen-bond donors (Lipinski definition) is 0. The number of aryl methyl sites for hydroxylation is 3. The minimum Gasteiger partial charge on any atom is -0.371 e. The van der Waals surface area contributed by atoms with Crippen LogP contribution in [-0.2, 0) is 6.42 Å². The van der Waals surface area contributed by atoms with Gasteiger partial charge in [0.05, 0.1) is 11.6 Å². The maximum atomic E-state index is 8.97. The van der Waals surface area contributed by atoms with Gasteiger partial charge in [-0.25, -0.2) is 0 Å². The third-order valence-electron chi connectivity index (χ3n) is 5.90. The molecule has 2 heteroatoms. The van der Waals surface area contributed by atoms with Crippen LogP contribution in [0.3, 0.4) is 0 Å². The second-order valence-electron chi connectivity index (χ2n) is 7.79. The van der Waals surface area contributed by atoms with Crippen LogP contribution in [0.4, 0.5) is 0 Å². The van der Waals surface area contributed by atoms with E-state index in [1.54, 1.807) is 0 Å². The van der Waals surface area contributed by atoms with Gasteiger partial charge in [-0.1, -0.05) is 38.1 Å². The SMILES string of the molecule is C=C(c1cc(CCC)c(C)cc1C)N1CCC(c2ccc(C#N)cc2)CC1. The van der Waals surface area contributed by atoms with Crippen LogP contribution in [0.25, 0.3) is 5.70 Å². The van der Waals surface area contributed by atoms with Crippen molar-refractivity contribution in [2.45, 2.75) is 52.4 Å². The standard InChI is InChI=1S/C25H30N2/c1-5-6-24-16-25(19(3)15-18(24)2)20(4)27-13-11-23(12-14-27)22-9-7-21(17-26)8-10-22/h7-10,15-16,23H,4-6,11-14H2,1-3H3. The summed E-state index contributed by atoms with van der Waals surface area (Å²) in [5.74, 6) is 0.580. The molecule has 0 spiro atoms. The van der Waals surface area contributed by atoms with Crippen molar-refractivity contribution in [2.24, 2.45) is 0 Å². The van der Waals surface area contributed by atoms with Gasteiger partial charge in [0.2, 0.25) is 0 Å². The van der Waals surface area contributed by atoms with Gasteiger partial charge in [0.1, 0.15) is 0 Å². The van der Waals surface area contributed by atoms with Crippen molar-refractivity contribution < 1.29 is 0 Å². The zero-order valence-corrected chi connectivity index (χ0v) is 16.9. The Hall–Kier alpha value is -2.53. The molecule has 140 valence electrons. The molecule has 1 aliphatic heterocycles. The van der Waals surface area contributed by atoms with E-state index < -0.39 is 0 Å². The maximum absolute atomic E-state index is 8.97. The van der Waals surface area contributed by atoms with Crippen LogP contribution in [0.5, 0.6) is 0 Å². The van der Waals surface area contributed by atoms with Crippen molar-refractivity contribution in [3.05, 3.63) is 76.4 Å². The van der Waals surface area contributed by atoms with E-state index in [0.29, 0.717) is 5.92 Å². The zero-order chi connectivity index (χ0) is 19.4. The molecule has 1 heterocycles. The molecular weight excluding hydrogens is 328 g/mol. The van der Waals surface area contributed by atoms with E-state index in [1.807, 2.05) is 12.1 Å². The molecule has 1 fully saturated rings. The summed E-state index contributed by atoms with van der Waals surface area (Å²) in [7, 11) is 0. The highest BCUT2D eigenvalue weighted by Gasteiger charge is 2.22. The number of rotatable bonds is 5. The molecule has 2 nitrogen and oxygen atoms in total. The summed E-state index contributed by atoms with van der Waals surface area (Å²) in [6.45, 7) is 13.2. The highest BCUT2D eigenvalue weighted by molar-refractivity contribution is 5.66. The van der Waals surface area contributed by atoms with Crippen molar-refractivity contribution in [3.8, 4) is 6.07 Å². The summed E-state index contributed by atoms with van der Waals surface area (Å²) >= 11 is 0. The van der Waals surface area contributed by atoms with Crippen LogP contribution in [0, 0.1) is 25.2 Å². The monoisotopic (exact) mass is 358 g/mol. The predicted octanol–water partition coefficient (Wildman–Crippen LogP) is 5.98. The first kappa shape index (κ1) is 19.2. The lowest BCUT2D eigenvalue weighted by atomic mass is 9.88. The van der Waals surface area contributed by atoms with Gasteiger partial charge in [-0.3, -0.25) is 0 Å². The van der Waals surface area contributed by atoms with Crippen molar-refractivity contribution in [3.63, 3.8) is 0 Å². The molecule has 0 aliphatic carbocycles. The molecule has 27 heavy (non-hydrogen) atoms. The van der Waals surface area contributed by atoms with Crippen molar-refractivity contribution in [2.75, 3.05) is 13.1 Å². The van der Waals surface area contributed by atoms with Crippen LogP contribution < -0.4 is 0 Å². The van der Waals surface area contributed by atoms with Gasteiger partial charge in [-0.05, 0) is 79.5 Å². The van der Waals surface area contributed by atoms with E-state index in [2.05, 4.69) is 62.6 Å². The van der Waals surface area contributed by atoms with Crippen molar-refractivity contribution in [1.82, 2.24) is 4.90 Å². The fraction of sp³-hybridized carbons (Fsp3) is 0.400. The Morgan fingerprint density at radius 3 is 2.37 bits per heavy atom. The Labute approximate surface area is 164 Å². The van der Waals surface area contributed by atoms with Crippen LogP contribution in [0.15, 0.2) is 43.0 Å². The molecule has 0 N–H and O–H groups in total.